The summed E-state index contributed by atoms with van der Waals surface area (Å²) in [5.41, 5.74) is 1.97. The Hall–Kier alpha value is -2.28. The molecule has 2 aromatic carbocycles. The molecule has 6 nitrogen and oxygen atoms in total. The van der Waals surface area contributed by atoms with Gasteiger partial charge in [0.25, 0.3) is 5.91 Å². The molecule has 1 aliphatic rings. The van der Waals surface area contributed by atoms with Gasteiger partial charge in [0, 0.05) is 16.3 Å². The lowest BCUT2D eigenvalue weighted by Crippen LogP contribution is -3.29. The van der Waals surface area contributed by atoms with Crippen LogP contribution < -0.4 is 24.6 Å². The van der Waals surface area contributed by atoms with Gasteiger partial charge in [0.1, 0.15) is 32.7 Å². The van der Waals surface area contributed by atoms with Crippen LogP contribution in [0.15, 0.2) is 42.5 Å². The largest absolute Gasteiger partial charge is 0.493 e. The van der Waals surface area contributed by atoms with Crippen LogP contribution in [-0.2, 0) is 11.3 Å². The van der Waals surface area contributed by atoms with Crippen LogP contribution in [0.4, 0.5) is 5.69 Å². The summed E-state index contributed by atoms with van der Waals surface area (Å²) in [7, 11) is 3.31. The lowest BCUT2D eigenvalue weighted by molar-refractivity contribution is -1.02. The molecule has 1 saturated heterocycles. The first kappa shape index (κ1) is 21.4. The van der Waals surface area contributed by atoms with E-state index in [4.69, 9.17) is 21.1 Å². The maximum Gasteiger partial charge on any atom is 0.282 e. The average Bonchev–Trinajstić information content (AvgIpc) is 2.73. The predicted octanol–water partition coefficient (Wildman–Crippen LogP) is 0.668. The number of carbonyl (C=O) groups excluding carboxylic acids is 1. The highest BCUT2D eigenvalue weighted by Gasteiger charge is 2.31. The number of rotatable bonds is 7. The second-order valence-corrected chi connectivity index (χ2v) is 7.93. The van der Waals surface area contributed by atoms with Gasteiger partial charge in [-0.25, -0.2) is 0 Å². The van der Waals surface area contributed by atoms with E-state index >= 15 is 0 Å². The van der Waals surface area contributed by atoms with Crippen molar-refractivity contribution in [1.82, 2.24) is 0 Å². The van der Waals surface area contributed by atoms with Gasteiger partial charge in [-0.1, -0.05) is 17.7 Å². The zero-order valence-corrected chi connectivity index (χ0v) is 18.0. The van der Waals surface area contributed by atoms with Gasteiger partial charge >= 0.3 is 0 Å². The molecule has 0 aliphatic carbocycles. The first-order valence-electron chi connectivity index (χ1n) is 9.95. The molecule has 0 radical (unpaired) electrons. The molecule has 2 aromatic rings. The molecule has 1 fully saturated rings. The van der Waals surface area contributed by atoms with Crippen LogP contribution >= 0.6 is 11.6 Å². The molecule has 0 spiro atoms. The number of ether oxygens (including phenoxy) is 2. The Morgan fingerprint density at radius 3 is 2.45 bits per heavy atom. The van der Waals surface area contributed by atoms with Crippen molar-refractivity contribution in [3.63, 3.8) is 0 Å². The number of methoxy groups -OCH3 is 2. The van der Waals surface area contributed by atoms with E-state index in [1.165, 1.54) is 15.4 Å². The highest BCUT2D eigenvalue weighted by molar-refractivity contribution is 6.30. The Bertz CT molecular complexity index is 838. The summed E-state index contributed by atoms with van der Waals surface area (Å²) in [5.74, 6) is 1.55. The van der Waals surface area contributed by atoms with E-state index in [9.17, 15) is 4.79 Å². The van der Waals surface area contributed by atoms with Crippen LogP contribution in [0.2, 0.25) is 5.02 Å². The van der Waals surface area contributed by atoms with Crippen molar-refractivity contribution in [3.8, 4) is 11.5 Å². The van der Waals surface area contributed by atoms with Gasteiger partial charge in [0.15, 0.2) is 17.5 Å². The monoisotopic (exact) mass is 419 g/mol. The minimum absolute atomic E-state index is 0.0330. The standard InChI is InChI=1S/C22H28ClN3O3/c1-16(22(27)24-19-6-4-5-18(23)14-19)26-11-9-25(10-12-26)15-17-7-8-20(28-2)21(13-17)29-3/h4-8,13-14,16H,9-12,15H2,1-3H3,(H,24,27)/p+2/t16-/m1/s1. The van der Waals surface area contributed by atoms with E-state index in [1.54, 1.807) is 26.4 Å². The molecule has 0 unspecified atom stereocenters. The minimum atomic E-state index is -0.100. The van der Waals surface area contributed by atoms with Crippen molar-refractivity contribution in [1.29, 1.82) is 0 Å². The Kier molecular flexibility index (Phi) is 7.36. The summed E-state index contributed by atoms with van der Waals surface area (Å²) >= 11 is 6.00. The van der Waals surface area contributed by atoms with Crippen molar-refractivity contribution >= 4 is 23.2 Å². The van der Waals surface area contributed by atoms with Crippen molar-refractivity contribution < 1.29 is 24.1 Å². The van der Waals surface area contributed by atoms with E-state index < -0.39 is 0 Å². The Morgan fingerprint density at radius 1 is 1.07 bits per heavy atom. The number of nitrogens with one attached hydrogen (secondary N) is 3. The highest BCUT2D eigenvalue weighted by atomic mass is 35.5. The number of amides is 1. The third kappa shape index (κ3) is 5.63. The van der Waals surface area contributed by atoms with Gasteiger partial charge in [0.2, 0.25) is 0 Å². The molecule has 3 rings (SSSR count). The molecule has 156 valence electrons. The number of hydrogen-bond donors (Lipinski definition) is 3. The van der Waals surface area contributed by atoms with Gasteiger partial charge in [-0.2, -0.15) is 0 Å². The number of benzene rings is 2. The number of hydrogen-bond acceptors (Lipinski definition) is 3. The van der Waals surface area contributed by atoms with E-state index in [0.29, 0.717) is 5.02 Å². The fourth-order valence-corrected chi connectivity index (χ4v) is 4.01. The fraction of sp³-hybridized carbons (Fsp3) is 0.409. The summed E-state index contributed by atoms with van der Waals surface area (Å²) in [4.78, 5) is 15.5. The lowest BCUT2D eigenvalue weighted by atomic mass is 10.1. The van der Waals surface area contributed by atoms with Gasteiger partial charge in [-0.3, -0.25) is 4.79 Å². The number of carbonyl (C=O) groups is 1. The molecule has 29 heavy (non-hydrogen) atoms. The van der Waals surface area contributed by atoms with Crippen LogP contribution in [0.5, 0.6) is 11.5 Å². The maximum absolute atomic E-state index is 12.6. The molecule has 0 bridgehead atoms. The van der Waals surface area contributed by atoms with Gasteiger partial charge in [-0.05, 0) is 43.3 Å². The lowest BCUT2D eigenvalue weighted by Gasteiger charge is -2.32. The molecular weight excluding hydrogens is 390 g/mol. The first-order valence-corrected chi connectivity index (χ1v) is 10.3. The SMILES string of the molecule is COc1ccc(C[NH+]2CC[NH+]([C@H](C)C(=O)Nc3cccc(Cl)c3)CC2)cc1OC. The van der Waals surface area contributed by atoms with Crippen LogP contribution in [0, 0.1) is 0 Å². The normalized spacial score (nSPS) is 20.0. The predicted molar refractivity (Wildman–Crippen MR) is 114 cm³/mol. The molecule has 3 N–H and O–H groups in total. The van der Waals surface area contributed by atoms with Gasteiger partial charge in [-0.15, -0.1) is 0 Å². The Morgan fingerprint density at radius 2 is 1.79 bits per heavy atom. The van der Waals surface area contributed by atoms with E-state index in [-0.39, 0.29) is 11.9 Å². The van der Waals surface area contributed by atoms with E-state index in [2.05, 4.69) is 11.4 Å². The molecule has 1 amide bonds. The summed E-state index contributed by atoms with van der Waals surface area (Å²) < 4.78 is 10.7. The number of piperazine rings is 1. The maximum atomic E-state index is 12.6. The molecule has 1 aliphatic heterocycles. The molecule has 7 heteroatoms. The Balaban J connectivity index is 1.51. The van der Waals surface area contributed by atoms with Crippen molar-refractivity contribution in [2.75, 3.05) is 45.7 Å². The smallest absolute Gasteiger partial charge is 0.282 e. The third-order valence-corrected chi connectivity index (χ3v) is 5.83. The highest BCUT2D eigenvalue weighted by Crippen LogP contribution is 2.27. The van der Waals surface area contributed by atoms with E-state index in [0.717, 1.165) is 49.9 Å². The minimum Gasteiger partial charge on any atom is -0.493 e. The number of anilines is 1. The number of halogens is 1. The second-order valence-electron chi connectivity index (χ2n) is 7.50. The summed E-state index contributed by atoms with van der Waals surface area (Å²) in [6.07, 6.45) is 0. The summed E-state index contributed by atoms with van der Waals surface area (Å²) in [5, 5.41) is 3.60. The number of quaternary nitrogens is 2. The Labute approximate surface area is 177 Å². The van der Waals surface area contributed by atoms with Crippen LogP contribution in [-0.4, -0.2) is 52.3 Å². The summed E-state index contributed by atoms with van der Waals surface area (Å²) in [6, 6.07) is 13.3. The molecule has 0 aromatic heterocycles. The zero-order chi connectivity index (χ0) is 20.8. The van der Waals surface area contributed by atoms with Crippen LogP contribution in [0.25, 0.3) is 0 Å². The first-order chi connectivity index (χ1) is 14.0. The van der Waals surface area contributed by atoms with Crippen LogP contribution in [0.1, 0.15) is 12.5 Å². The molecule has 1 heterocycles. The summed E-state index contributed by atoms with van der Waals surface area (Å²) in [6.45, 7) is 6.92. The second kappa shape index (κ2) is 9.96. The fourth-order valence-electron chi connectivity index (χ4n) is 3.82. The van der Waals surface area contributed by atoms with Crippen molar-refractivity contribution in [2.24, 2.45) is 0 Å². The zero-order valence-electron chi connectivity index (χ0n) is 17.3. The molecule has 0 saturated carbocycles. The van der Waals surface area contributed by atoms with Crippen LogP contribution in [0.3, 0.4) is 0 Å². The molecule has 1 atom stereocenters. The van der Waals surface area contributed by atoms with E-state index in [1.807, 2.05) is 31.2 Å². The average molecular weight is 420 g/mol. The van der Waals surface area contributed by atoms with Gasteiger partial charge < -0.3 is 24.6 Å². The topological polar surface area (TPSA) is 56.4 Å². The molecular formula is C22H30ClN3O3+2. The quantitative estimate of drug-likeness (QED) is 0.618. The van der Waals surface area contributed by atoms with Gasteiger partial charge in [0.05, 0.1) is 14.2 Å². The van der Waals surface area contributed by atoms with Crippen molar-refractivity contribution in [3.05, 3.63) is 53.1 Å². The third-order valence-electron chi connectivity index (χ3n) is 5.60. The van der Waals surface area contributed by atoms with Crippen molar-refractivity contribution in [2.45, 2.75) is 19.5 Å².